The number of amides is 1. The summed E-state index contributed by atoms with van der Waals surface area (Å²) in [5.41, 5.74) is 1.59. The second-order valence-corrected chi connectivity index (χ2v) is 7.61. The van der Waals surface area contributed by atoms with Gasteiger partial charge in [-0.2, -0.15) is 0 Å². The Hall–Kier alpha value is -3.42. The molecule has 2 heterocycles. The fourth-order valence-electron chi connectivity index (χ4n) is 2.53. The Morgan fingerprint density at radius 3 is 2.48 bits per heavy atom. The van der Waals surface area contributed by atoms with Gasteiger partial charge < -0.3 is 18.9 Å². The van der Waals surface area contributed by atoms with Crippen LogP contribution in [0.4, 0.5) is 0 Å². The van der Waals surface area contributed by atoms with Gasteiger partial charge >= 0.3 is 5.97 Å². The summed E-state index contributed by atoms with van der Waals surface area (Å²) in [6.45, 7) is 7.64. The van der Waals surface area contributed by atoms with Crippen molar-refractivity contribution in [2.24, 2.45) is 0 Å². The molecule has 1 atom stereocenters. The second-order valence-electron chi connectivity index (χ2n) is 7.61. The molecule has 0 unspecified atom stereocenters. The summed E-state index contributed by atoms with van der Waals surface area (Å²) < 4.78 is 15.7. The number of ether oxygens (including phenoxy) is 1. The molecule has 29 heavy (non-hydrogen) atoms. The molecule has 8 heteroatoms. The Labute approximate surface area is 168 Å². The Kier molecular flexibility index (Phi) is 5.81. The average Bonchev–Trinajstić information content (AvgIpc) is 3.37. The van der Waals surface area contributed by atoms with Crippen molar-refractivity contribution in [3.63, 3.8) is 0 Å². The summed E-state index contributed by atoms with van der Waals surface area (Å²) in [6.07, 6.45) is 1.49. The van der Waals surface area contributed by atoms with Crippen LogP contribution in [0.2, 0.25) is 0 Å². The van der Waals surface area contributed by atoms with E-state index in [1.165, 1.54) is 6.26 Å². The molecule has 0 aliphatic rings. The minimum atomic E-state index is -0.836. The molecule has 0 fully saturated rings. The number of hydrogen-bond donors (Lipinski definition) is 1. The molecule has 3 rings (SSSR count). The molecule has 0 bridgehead atoms. The second kappa shape index (κ2) is 8.30. The van der Waals surface area contributed by atoms with Gasteiger partial charge in [0.2, 0.25) is 0 Å². The Morgan fingerprint density at radius 2 is 1.86 bits per heavy atom. The third-order valence-electron chi connectivity index (χ3n) is 4.25. The van der Waals surface area contributed by atoms with Crippen molar-refractivity contribution in [3.05, 3.63) is 59.7 Å². The average molecular weight is 397 g/mol. The molecular weight excluding hydrogens is 374 g/mol. The maximum absolute atomic E-state index is 12.4. The number of furan rings is 1. The van der Waals surface area contributed by atoms with Gasteiger partial charge in [-0.05, 0) is 42.2 Å². The van der Waals surface area contributed by atoms with Crippen LogP contribution in [0, 0.1) is 0 Å². The van der Waals surface area contributed by atoms with Crippen LogP contribution in [0.3, 0.4) is 0 Å². The largest absolute Gasteiger partial charge is 0.459 e. The van der Waals surface area contributed by atoms with E-state index in [0.717, 1.165) is 5.56 Å². The highest BCUT2D eigenvalue weighted by molar-refractivity contribution is 5.96. The van der Waals surface area contributed by atoms with Gasteiger partial charge in [-0.1, -0.05) is 32.9 Å². The molecule has 3 aromatic rings. The number of rotatable bonds is 6. The van der Waals surface area contributed by atoms with Gasteiger partial charge in [0, 0.05) is 5.56 Å². The number of aromatic nitrogens is 2. The smallest absolute Gasteiger partial charge is 0.328 e. The van der Waals surface area contributed by atoms with Crippen molar-refractivity contribution < 1.29 is 23.2 Å². The summed E-state index contributed by atoms with van der Waals surface area (Å²) in [5, 5.41) is 10.2. The number of nitrogens with one attached hydrogen (secondary N) is 1. The van der Waals surface area contributed by atoms with Gasteiger partial charge in [-0.15, -0.1) is 10.2 Å². The van der Waals surface area contributed by atoms with E-state index in [1.54, 1.807) is 31.2 Å². The SMILES string of the molecule is C[C@H](NC(=O)c1ccc(C(C)(C)C)cc1)C(=O)OCc1nnc(-c2ccco2)o1. The maximum Gasteiger partial charge on any atom is 0.328 e. The summed E-state index contributed by atoms with van der Waals surface area (Å²) in [7, 11) is 0. The molecule has 2 aromatic heterocycles. The van der Waals surface area contributed by atoms with Crippen LogP contribution < -0.4 is 5.32 Å². The van der Waals surface area contributed by atoms with Crippen molar-refractivity contribution in [2.45, 2.75) is 45.8 Å². The standard InChI is InChI=1S/C21H23N3O5/c1-13(22-18(25)14-7-9-15(10-8-14)21(2,3)4)20(26)28-12-17-23-24-19(29-17)16-6-5-11-27-16/h5-11,13H,12H2,1-4H3,(H,22,25)/t13-/m0/s1. The number of carbonyl (C=O) groups is 2. The summed E-state index contributed by atoms with van der Waals surface area (Å²) in [6, 6.07) is 9.83. The van der Waals surface area contributed by atoms with Gasteiger partial charge in [-0.25, -0.2) is 4.79 Å². The van der Waals surface area contributed by atoms with E-state index >= 15 is 0 Å². The molecule has 8 nitrogen and oxygen atoms in total. The van der Waals surface area contributed by atoms with E-state index in [9.17, 15) is 9.59 Å². The van der Waals surface area contributed by atoms with Crippen LogP contribution in [0.25, 0.3) is 11.7 Å². The van der Waals surface area contributed by atoms with Crippen LogP contribution in [-0.4, -0.2) is 28.1 Å². The molecule has 0 saturated carbocycles. The molecule has 1 N–H and O–H groups in total. The highest BCUT2D eigenvalue weighted by Crippen LogP contribution is 2.22. The quantitative estimate of drug-likeness (QED) is 0.634. The first kappa shape index (κ1) is 20.3. The predicted octanol–water partition coefficient (Wildman–Crippen LogP) is 3.49. The maximum atomic E-state index is 12.4. The van der Waals surface area contributed by atoms with E-state index in [1.807, 2.05) is 12.1 Å². The molecule has 1 amide bonds. The molecule has 1 aromatic carbocycles. The predicted molar refractivity (Wildman–Crippen MR) is 104 cm³/mol. The minimum Gasteiger partial charge on any atom is -0.459 e. The third kappa shape index (κ3) is 5.10. The third-order valence-corrected chi connectivity index (χ3v) is 4.25. The van der Waals surface area contributed by atoms with Crippen molar-refractivity contribution >= 4 is 11.9 Å². The number of benzene rings is 1. The van der Waals surface area contributed by atoms with Crippen molar-refractivity contribution in [1.29, 1.82) is 0 Å². The van der Waals surface area contributed by atoms with Crippen LogP contribution in [-0.2, 0) is 21.6 Å². The van der Waals surface area contributed by atoms with Crippen molar-refractivity contribution in [2.75, 3.05) is 0 Å². The fourth-order valence-corrected chi connectivity index (χ4v) is 2.53. The Balaban J connectivity index is 1.52. The first-order chi connectivity index (χ1) is 13.7. The minimum absolute atomic E-state index is 0.00233. The zero-order valence-corrected chi connectivity index (χ0v) is 16.8. The lowest BCUT2D eigenvalue weighted by atomic mass is 9.86. The molecule has 0 radical (unpaired) electrons. The van der Waals surface area contributed by atoms with Gasteiger partial charge in [0.05, 0.1) is 6.26 Å². The molecule has 152 valence electrons. The summed E-state index contributed by atoms with van der Waals surface area (Å²) >= 11 is 0. The number of hydrogen-bond acceptors (Lipinski definition) is 7. The van der Waals surface area contributed by atoms with E-state index in [0.29, 0.717) is 11.3 Å². The van der Waals surface area contributed by atoms with Crippen molar-refractivity contribution in [3.8, 4) is 11.7 Å². The number of carbonyl (C=O) groups excluding carboxylic acids is 2. The van der Waals surface area contributed by atoms with E-state index in [4.69, 9.17) is 13.6 Å². The highest BCUT2D eigenvalue weighted by atomic mass is 16.5. The lowest BCUT2D eigenvalue weighted by Crippen LogP contribution is -2.39. The fraction of sp³-hybridized carbons (Fsp3) is 0.333. The Bertz CT molecular complexity index is 969. The molecule has 0 saturated heterocycles. The lowest BCUT2D eigenvalue weighted by Gasteiger charge is -2.19. The molecular formula is C21H23N3O5. The van der Waals surface area contributed by atoms with Crippen LogP contribution in [0.1, 0.15) is 49.5 Å². The van der Waals surface area contributed by atoms with E-state index < -0.39 is 12.0 Å². The monoisotopic (exact) mass is 397 g/mol. The summed E-state index contributed by atoms with van der Waals surface area (Å²) in [4.78, 5) is 24.5. The first-order valence-electron chi connectivity index (χ1n) is 9.18. The molecule has 0 aliphatic heterocycles. The highest BCUT2D eigenvalue weighted by Gasteiger charge is 2.20. The van der Waals surface area contributed by atoms with Crippen molar-refractivity contribution in [1.82, 2.24) is 15.5 Å². The normalized spacial score (nSPS) is 12.4. The topological polar surface area (TPSA) is 107 Å². The van der Waals surface area contributed by atoms with Gasteiger partial charge in [-0.3, -0.25) is 4.79 Å². The molecule has 0 spiro atoms. The van der Waals surface area contributed by atoms with Gasteiger partial charge in [0.25, 0.3) is 17.7 Å². The zero-order valence-electron chi connectivity index (χ0n) is 16.8. The lowest BCUT2D eigenvalue weighted by molar-refractivity contribution is -0.147. The van der Waals surface area contributed by atoms with E-state index in [-0.39, 0.29) is 29.7 Å². The first-order valence-corrected chi connectivity index (χ1v) is 9.18. The number of nitrogens with zero attached hydrogens (tertiary/aromatic N) is 2. The van der Waals surface area contributed by atoms with E-state index in [2.05, 4.69) is 36.3 Å². The van der Waals surface area contributed by atoms with Crippen LogP contribution in [0.5, 0.6) is 0 Å². The van der Waals surface area contributed by atoms with Gasteiger partial charge in [0.15, 0.2) is 12.4 Å². The number of esters is 1. The summed E-state index contributed by atoms with van der Waals surface area (Å²) in [5.74, 6) is -0.217. The van der Waals surface area contributed by atoms with Gasteiger partial charge in [0.1, 0.15) is 6.04 Å². The van der Waals surface area contributed by atoms with Crippen LogP contribution >= 0.6 is 0 Å². The Morgan fingerprint density at radius 1 is 1.14 bits per heavy atom. The molecule has 0 aliphatic carbocycles. The zero-order chi connectivity index (χ0) is 21.0. The van der Waals surface area contributed by atoms with Crippen LogP contribution in [0.15, 0.2) is 51.5 Å².